The SMILES string of the molecule is N/C(C[C@@H]1C[C@H](S)CN1C(=O)OCc1ccc([N+](=O)[O-])cc1)=N\S(N)(=O)=O. The Morgan fingerprint density at radius 2 is 2.04 bits per heavy atom. The highest BCUT2D eigenvalue weighted by molar-refractivity contribution is 7.88. The number of hydrogen-bond donors (Lipinski definition) is 3. The number of amidine groups is 1. The van der Waals surface area contributed by atoms with Crippen LogP contribution in [-0.4, -0.2) is 48.0 Å². The maximum atomic E-state index is 12.4. The first-order chi connectivity index (χ1) is 12.5. The molecule has 0 spiro atoms. The summed E-state index contributed by atoms with van der Waals surface area (Å²) in [4.78, 5) is 23.9. The van der Waals surface area contributed by atoms with Gasteiger partial charge in [-0.3, -0.25) is 10.1 Å². The molecule has 11 nitrogen and oxygen atoms in total. The second-order valence-electron chi connectivity index (χ2n) is 5.98. The molecule has 0 saturated carbocycles. The van der Waals surface area contributed by atoms with Crippen molar-refractivity contribution in [3.8, 4) is 0 Å². The lowest BCUT2D eigenvalue weighted by molar-refractivity contribution is -0.384. The maximum Gasteiger partial charge on any atom is 0.410 e. The Kier molecular flexibility index (Phi) is 6.62. The van der Waals surface area contributed by atoms with Crippen molar-refractivity contribution in [2.24, 2.45) is 15.3 Å². The minimum atomic E-state index is -4.11. The molecule has 1 aromatic rings. The Bertz CT molecular complexity index is 842. The topological polar surface area (TPSA) is 171 Å². The van der Waals surface area contributed by atoms with E-state index in [4.69, 9.17) is 15.6 Å². The number of rotatable bonds is 6. The summed E-state index contributed by atoms with van der Waals surface area (Å²) in [6.07, 6.45) is -0.130. The summed E-state index contributed by atoms with van der Waals surface area (Å²) in [7, 11) is -4.11. The fourth-order valence-corrected chi connectivity index (χ4v) is 3.51. The van der Waals surface area contributed by atoms with Gasteiger partial charge in [-0.2, -0.15) is 21.0 Å². The van der Waals surface area contributed by atoms with Crippen LogP contribution >= 0.6 is 12.6 Å². The first-order valence-corrected chi connectivity index (χ1v) is 9.79. The van der Waals surface area contributed by atoms with E-state index in [9.17, 15) is 23.3 Å². The van der Waals surface area contributed by atoms with Gasteiger partial charge in [0.1, 0.15) is 12.4 Å². The number of benzene rings is 1. The minimum Gasteiger partial charge on any atom is -0.445 e. The van der Waals surface area contributed by atoms with Crippen LogP contribution in [0.1, 0.15) is 18.4 Å². The van der Waals surface area contributed by atoms with E-state index in [-0.39, 0.29) is 29.8 Å². The molecule has 1 aliphatic heterocycles. The van der Waals surface area contributed by atoms with Crippen molar-refractivity contribution < 1.29 is 22.9 Å². The van der Waals surface area contributed by atoms with Crippen LogP contribution in [0.4, 0.5) is 10.5 Å². The number of likely N-dealkylation sites (tertiary alicyclic amines) is 1. The number of thiol groups is 1. The average molecular weight is 417 g/mol. The van der Waals surface area contributed by atoms with Gasteiger partial charge in [-0.1, -0.05) is 0 Å². The summed E-state index contributed by atoms with van der Waals surface area (Å²) in [5, 5.41) is 15.3. The number of ether oxygens (including phenoxy) is 1. The summed E-state index contributed by atoms with van der Waals surface area (Å²) in [5.41, 5.74) is 6.11. The number of non-ortho nitro benzene ring substituents is 1. The molecule has 1 amide bonds. The zero-order chi connectivity index (χ0) is 20.2. The van der Waals surface area contributed by atoms with Gasteiger partial charge < -0.3 is 15.4 Å². The van der Waals surface area contributed by atoms with Gasteiger partial charge in [0.15, 0.2) is 0 Å². The van der Waals surface area contributed by atoms with E-state index < -0.39 is 27.3 Å². The second-order valence-corrected chi connectivity index (χ2v) is 7.92. The van der Waals surface area contributed by atoms with Crippen LogP contribution in [-0.2, 0) is 21.6 Å². The van der Waals surface area contributed by atoms with E-state index in [1.807, 2.05) is 0 Å². The van der Waals surface area contributed by atoms with Crippen LogP contribution in [0.3, 0.4) is 0 Å². The molecule has 13 heteroatoms. The van der Waals surface area contributed by atoms with Gasteiger partial charge in [0.2, 0.25) is 0 Å². The summed E-state index contributed by atoms with van der Waals surface area (Å²) in [5.74, 6) is -0.210. The molecule has 1 aliphatic rings. The third kappa shape index (κ3) is 6.37. The average Bonchev–Trinajstić information content (AvgIpc) is 2.91. The lowest BCUT2D eigenvalue weighted by atomic mass is 10.1. The van der Waals surface area contributed by atoms with Crippen molar-refractivity contribution in [3.63, 3.8) is 0 Å². The monoisotopic (exact) mass is 417 g/mol. The van der Waals surface area contributed by atoms with Crippen LogP contribution in [0.15, 0.2) is 28.7 Å². The summed E-state index contributed by atoms with van der Waals surface area (Å²) < 4.78 is 30.4. The highest BCUT2D eigenvalue weighted by Gasteiger charge is 2.35. The summed E-state index contributed by atoms with van der Waals surface area (Å²) in [6.45, 7) is 0.230. The molecular formula is C14H19N5O6S2. The lowest BCUT2D eigenvalue weighted by Gasteiger charge is -2.23. The Morgan fingerprint density at radius 1 is 1.41 bits per heavy atom. The minimum absolute atomic E-state index is 0.0140. The number of amides is 1. The molecule has 2 rings (SSSR count). The standard InChI is InChI=1S/C14H19N5O6S2/c15-13(17-27(16,23)24)6-11-5-12(26)7-18(11)14(20)25-8-9-1-3-10(4-2-9)19(21)22/h1-4,11-12,26H,5-8H2,(H2,15,17)(H2,16,23,24)/t11-,12-/m0/s1. The Hall–Kier alpha value is -2.38. The second kappa shape index (κ2) is 8.54. The van der Waals surface area contributed by atoms with E-state index in [0.29, 0.717) is 18.5 Å². The quantitative estimate of drug-likeness (QED) is 0.199. The normalized spacial score (nSPS) is 20.5. The maximum absolute atomic E-state index is 12.4. The number of carbonyl (C=O) groups excluding carboxylic acids is 1. The predicted molar refractivity (Wildman–Crippen MR) is 101 cm³/mol. The van der Waals surface area contributed by atoms with Gasteiger partial charge in [-0.25, -0.2) is 9.93 Å². The highest BCUT2D eigenvalue weighted by atomic mass is 32.2. The van der Waals surface area contributed by atoms with Crippen molar-refractivity contribution >= 4 is 40.5 Å². The van der Waals surface area contributed by atoms with Gasteiger partial charge in [-0.15, -0.1) is 4.40 Å². The van der Waals surface area contributed by atoms with Crippen molar-refractivity contribution in [2.75, 3.05) is 6.54 Å². The molecule has 0 aromatic heterocycles. The van der Waals surface area contributed by atoms with Gasteiger partial charge >= 0.3 is 16.3 Å². The van der Waals surface area contributed by atoms with Crippen LogP contribution in [0.25, 0.3) is 0 Å². The molecule has 2 atom stereocenters. The fraction of sp³-hybridized carbons (Fsp3) is 0.429. The van der Waals surface area contributed by atoms with Crippen LogP contribution in [0, 0.1) is 10.1 Å². The summed E-state index contributed by atoms with van der Waals surface area (Å²) in [6, 6.07) is 5.18. The molecule has 148 valence electrons. The Morgan fingerprint density at radius 3 is 2.59 bits per heavy atom. The molecule has 0 radical (unpaired) electrons. The van der Waals surface area contributed by atoms with Crippen LogP contribution in [0.2, 0.25) is 0 Å². The predicted octanol–water partition coefficient (Wildman–Crippen LogP) is 0.555. The van der Waals surface area contributed by atoms with Crippen LogP contribution < -0.4 is 10.9 Å². The molecule has 1 saturated heterocycles. The molecule has 0 unspecified atom stereocenters. The zero-order valence-corrected chi connectivity index (χ0v) is 15.8. The van der Waals surface area contributed by atoms with Gasteiger partial charge in [0, 0.05) is 36.4 Å². The number of nitro groups is 1. The van der Waals surface area contributed by atoms with Crippen LogP contribution in [0.5, 0.6) is 0 Å². The van der Waals surface area contributed by atoms with Gasteiger partial charge in [0.05, 0.1) is 4.92 Å². The molecule has 27 heavy (non-hydrogen) atoms. The van der Waals surface area contributed by atoms with E-state index >= 15 is 0 Å². The van der Waals surface area contributed by atoms with E-state index in [1.54, 1.807) is 0 Å². The molecule has 0 aliphatic carbocycles. The molecule has 0 bridgehead atoms. The third-order valence-electron chi connectivity index (χ3n) is 3.83. The fourth-order valence-electron chi connectivity index (χ4n) is 2.69. The largest absolute Gasteiger partial charge is 0.445 e. The van der Waals surface area contributed by atoms with E-state index in [0.717, 1.165) is 0 Å². The van der Waals surface area contributed by atoms with Crippen molar-refractivity contribution in [1.82, 2.24) is 4.90 Å². The van der Waals surface area contributed by atoms with Gasteiger partial charge in [-0.05, 0) is 24.1 Å². The van der Waals surface area contributed by atoms with Gasteiger partial charge in [0.25, 0.3) is 5.69 Å². The Labute approximate surface area is 161 Å². The molecule has 1 fully saturated rings. The number of nitrogens with zero attached hydrogens (tertiary/aromatic N) is 3. The summed E-state index contributed by atoms with van der Waals surface area (Å²) >= 11 is 4.35. The lowest BCUT2D eigenvalue weighted by Crippen LogP contribution is -2.38. The van der Waals surface area contributed by atoms with E-state index in [2.05, 4.69) is 17.0 Å². The highest BCUT2D eigenvalue weighted by Crippen LogP contribution is 2.25. The smallest absolute Gasteiger partial charge is 0.410 e. The van der Waals surface area contributed by atoms with E-state index in [1.165, 1.54) is 29.2 Å². The van der Waals surface area contributed by atoms with Crippen molar-refractivity contribution in [2.45, 2.75) is 30.7 Å². The Balaban J connectivity index is 1.98. The number of nitro benzene ring substituents is 1. The van der Waals surface area contributed by atoms with Crippen molar-refractivity contribution in [1.29, 1.82) is 0 Å². The number of nitrogens with two attached hydrogens (primary N) is 2. The first-order valence-electron chi connectivity index (χ1n) is 7.77. The zero-order valence-electron chi connectivity index (χ0n) is 14.1. The number of carbonyl (C=O) groups is 1. The number of hydrogen-bond acceptors (Lipinski definition) is 7. The molecule has 1 aromatic carbocycles. The molecular weight excluding hydrogens is 398 g/mol. The molecule has 4 N–H and O–H groups in total. The third-order valence-corrected chi connectivity index (χ3v) is 4.69. The first kappa shape index (κ1) is 20.9. The molecule has 1 heterocycles. The van der Waals surface area contributed by atoms with Crippen molar-refractivity contribution in [3.05, 3.63) is 39.9 Å².